The molecule has 1 fully saturated rings. The molecule has 0 aliphatic carbocycles. The molecule has 0 bridgehead atoms. The fourth-order valence-corrected chi connectivity index (χ4v) is 3.46. The third-order valence-corrected chi connectivity index (χ3v) is 5.20. The third-order valence-electron chi connectivity index (χ3n) is 5.20. The smallest absolute Gasteiger partial charge is 0.114 e. The van der Waals surface area contributed by atoms with Crippen molar-refractivity contribution in [1.29, 1.82) is 0 Å². The lowest BCUT2D eigenvalue weighted by Gasteiger charge is -2.23. The van der Waals surface area contributed by atoms with E-state index < -0.39 is 24.4 Å². The average Bonchev–Trinajstić information content (AvgIpc) is 3.04. The van der Waals surface area contributed by atoms with E-state index >= 15 is 0 Å². The van der Waals surface area contributed by atoms with Crippen LogP contribution in [0.5, 0.6) is 0 Å². The molecule has 1 heterocycles. The van der Waals surface area contributed by atoms with Gasteiger partial charge in [0.25, 0.3) is 0 Å². The summed E-state index contributed by atoms with van der Waals surface area (Å²) in [4.78, 5) is 0. The van der Waals surface area contributed by atoms with E-state index in [4.69, 9.17) is 14.6 Å². The molecule has 1 aliphatic rings. The van der Waals surface area contributed by atoms with Gasteiger partial charge in [-0.3, -0.25) is 0 Å². The summed E-state index contributed by atoms with van der Waals surface area (Å²) in [5.74, 6) is 0. The first-order chi connectivity index (χ1) is 13.2. The maximum Gasteiger partial charge on any atom is 0.114 e. The largest absolute Gasteiger partial charge is 0.394 e. The summed E-state index contributed by atoms with van der Waals surface area (Å²) in [6, 6.07) is 0. The normalized spacial score (nSPS) is 24.1. The predicted octanol–water partition coefficient (Wildman–Crippen LogP) is 3.74. The van der Waals surface area contributed by atoms with E-state index in [2.05, 4.69) is 19.1 Å². The van der Waals surface area contributed by atoms with Gasteiger partial charge in [-0.05, 0) is 25.7 Å². The number of rotatable bonds is 17. The Bertz CT molecular complexity index is 361. The summed E-state index contributed by atoms with van der Waals surface area (Å²) in [5, 5.41) is 28.6. The lowest BCUT2D eigenvalue weighted by atomic mass is 10.1. The Morgan fingerprint density at radius 2 is 1.56 bits per heavy atom. The molecule has 1 saturated heterocycles. The summed E-state index contributed by atoms with van der Waals surface area (Å²) in [5.41, 5.74) is 0. The van der Waals surface area contributed by atoms with Crippen LogP contribution in [-0.4, -0.2) is 59.6 Å². The fraction of sp³-hybridized carbons (Fsp3) is 0.909. The number of aliphatic hydroxyl groups excluding tert-OH is 3. The van der Waals surface area contributed by atoms with Crippen molar-refractivity contribution in [1.82, 2.24) is 0 Å². The SMILES string of the molecule is CCCC/C=C/CCCCCCCCCCO[C@H]1[C@@H]([C@H](O)CO)OC[C@@H]1O. The highest BCUT2D eigenvalue weighted by molar-refractivity contribution is 4.89. The first-order valence-electron chi connectivity index (χ1n) is 11.1. The minimum absolute atomic E-state index is 0.154. The van der Waals surface area contributed by atoms with E-state index in [1.54, 1.807) is 0 Å². The molecule has 0 spiro atoms. The molecule has 1 rings (SSSR count). The molecule has 5 heteroatoms. The number of aliphatic hydroxyl groups is 3. The van der Waals surface area contributed by atoms with Crippen LogP contribution in [0.1, 0.15) is 84.0 Å². The molecule has 0 amide bonds. The first-order valence-corrected chi connectivity index (χ1v) is 11.1. The third kappa shape index (κ3) is 11.2. The topological polar surface area (TPSA) is 79.2 Å². The van der Waals surface area contributed by atoms with E-state index in [-0.39, 0.29) is 13.2 Å². The molecule has 1 aliphatic heterocycles. The second-order valence-electron chi connectivity index (χ2n) is 7.68. The van der Waals surface area contributed by atoms with Crippen molar-refractivity contribution in [2.24, 2.45) is 0 Å². The number of hydrogen-bond acceptors (Lipinski definition) is 5. The van der Waals surface area contributed by atoms with Crippen LogP contribution in [0.25, 0.3) is 0 Å². The van der Waals surface area contributed by atoms with E-state index in [1.807, 2.05) is 0 Å². The van der Waals surface area contributed by atoms with Crippen LogP contribution >= 0.6 is 0 Å². The van der Waals surface area contributed by atoms with E-state index in [0.717, 1.165) is 12.8 Å². The monoisotopic (exact) mass is 386 g/mol. The molecule has 0 radical (unpaired) electrons. The predicted molar refractivity (Wildman–Crippen MR) is 109 cm³/mol. The zero-order valence-corrected chi connectivity index (χ0v) is 17.2. The van der Waals surface area contributed by atoms with E-state index in [9.17, 15) is 10.2 Å². The van der Waals surface area contributed by atoms with Crippen molar-refractivity contribution in [3.05, 3.63) is 12.2 Å². The maximum absolute atomic E-state index is 9.87. The van der Waals surface area contributed by atoms with Gasteiger partial charge in [0, 0.05) is 6.61 Å². The second kappa shape index (κ2) is 16.5. The molecule has 0 unspecified atom stereocenters. The molecule has 0 saturated carbocycles. The van der Waals surface area contributed by atoms with E-state index in [1.165, 1.54) is 64.2 Å². The highest BCUT2D eigenvalue weighted by Gasteiger charge is 2.40. The van der Waals surface area contributed by atoms with Crippen LogP contribution in [0, 0.1) is 0 Å². The summed E-state index contributed by atoms with van der Waals surface area (Å²) in [7, 11) is 0. The number of hydrogen-bond donors (Lipinski definition) is 3. The van der Waals surface area contributed by atoms with Gasteiger partial charge >= 0.3 is 0 Å². The number of ether oxygens (including phenoxy) is 2. The number of unbranched alkanes of at least 4 members (excludes halogenated alkanes) is 10. The number of allylic oxidation sites excluding steroid dienone is 2. The molecule has 160 valence electrons. The van der Waals surface area contributed by atoms with Crippen LogP contribution in [0.4, 0.5) is 0 Å². The average molecular weight is 387 g/mol. The van der Waals surface area contributed by atoms with Gasteiger partial charge in [-0.15, -0.1) is 0 Å². The van der Waals surface area contributed by atoms with Crippen molar-refractivity contribution in [2.75, 3.05) is 19.8 Å². The Morgan fingerprint density at radius 3 is 2.19 bits per heavy atom. The Kier molecular flexibility index (Phi) is 15.0. The summed E-state index contributed by atoms with van der Waals surface area (Å²) < 4.78 is 11.0. The maximum atomic E-state index is 9.87. The molecule has 0 aromatic heterocycles. The van der Waals surface area contributed by atoms with E-state index in [0.29, 0.717) is 6.61 Å². The second-order valence-corrected chi connectivity index (χ2v) is 7.68. The minimum atomic E-state index is -1.00. The van der Waals surface area contributed by atoms with Gasteiger partial charge < -0.3 is 24.8 Å². The Balaban J connectivity index is 1.89. The molecule has 5 nitrogen and oxygen atoms in total. The summed E-state index contributed by atoms with van der Waals surface area (Å²) >= 11 is 0. The summed E-state index contributed by atoms with van der Waals surface area (Å²) in [6.45, 7) is 2.56. The highest BCUT2D eigenvalue weighted by atomic mass is 16.6. The van der Waals surface area contributed by atoms with Gasteiger partial charge in [0.2, 0.25) is 0 Å². The van der Waals surface area contributed by atoms with Crippen molar-refractivity contribution in [2.45, 2.75) is 108 Å². The van der Waals surface area contributed by atoms with Crippen molar-refractivity contribution < 1.29 is 24.8 Å². The molecule has 27 heavy (non-hydrogen) atoms. The van der Waals surface area contributed by atoms with Crippen molar-refractivity contribution in [3.63, 3.8) is 0 Å². The molecular weight excluding hydrogens is 344 g/mol. The molecule has 0 aromatic rings. The first kappa shape index (κ1) is 24.6. The van der Waals surface area contributed by atoms with Crippen LogP contribution in [0.15, 0.2) is 12.2 Å². The molecule has 4 atom stereocenters. The van der Waals surface area contributed by atoms with Gasteiger partial charge in [0.1, 0.15) is 24.4 Å². The Labute approximate surface area is 165 Å². The highest BCUT2D eigenvalue weighted by Crippen LogP contribution is 2.21. The van der Waals surface area contributed by atoms with Crippen molar-refractivity contribution >= 4 is 0 Å². The molecule has 3 N–H and O–H groups in total. The fourth-order valence-electron chi connectivity index (χ4n) is 3.46. The quantitative estimate of drug-likeness (QED) is 0.262. The van der Waals surface area contributed by atoms with Crippen LogP contribution in [0.3, 0.4) is 0 Å². The van der Waals surface area contributed by atoms with Crippen molar-refractivity contribution in [3.8, 4) is 0 Å². The van der Waals surface area contributed by atoms with Gasteiger partial charge in [-0.2, -0.15) is 0 Å². The molecule has 0 aromatic carbocycles. The Hall–Kier alpha value is -0.460. The van der Waals surface area contributed by atoms with Gasteiger partial charge in [-0.25, -0.2) is 0 Å². The zero-order valence-electron chi connectivity index (χ0n) is 17.2. The van der Waals surface area contributed by atoms with Crippen LogP contribution < -0.4 is 0 Å². The lowest BCUT2D eigenvalue weighted by Crippen LogP contribution is -2.42. The van der Waals surface area contributed by atoms with Gasteiger partial charge in [0.05, 0.1) is 13.2 Å². The Morgan fingerprint density at radius 1 is 0.963 bits per heavy atom. The van der Waals surface area contributed by atoms with Gasteiger partial charge in [-0.1, -0.05) is 70.4 Å². The van der Waals surface area contributed by atoms with Crippen LogP contribution in [-0.2, 0) is 9.47 Å². The lowest BCUT2D eigenvalue weighted by molar-refractivity contribution is -0.0938. The molecular formula is C22H42O5. The minimum Gasteiger partial charge on any atom is -0.394 e. The van der Waals surface area contributed by atoms with Crippen LogP contribution in [0.2, 0.25) is 0 Å². The zero-order chi connectivity index (χ0) is 19.7. The summed E-state index contributed by atoms with van der Waals surface area (Å²) in [6.07, 6.45) is 16.6. The van der Waals surface area contributed by atoms with Gasteiger partial charge in [0.15, 0.2) is 0 Å². The standard InChI is InChI=1S/C22H42O5/c1-2-3-4-5-6-7-8-9-10-11-12-13-14-15-16-26-22-20(25)18-27-21(22)19(24)17-23/h5-6,19-25H,2-4,7-18H2,1H3/b6-5+/t19-,20+,21-,22-/m1/s1.